The maximum absolute atomic E-state index is 10.7. The van der Waals surface area contributed by atoms with Gasteiger partial charge in [0.2, 0.25) is 0 Å². The van der Waals surface area contributed by atoms with Crippen molar-refractivity contribution in [1.82, 2.24) is 4.98 Å². The van der Waals surface area contributed by atoms with Gasteiger partial charge in [0, 0.05) is 22.8 Å². The van der Waals surface area contributed by atoms with Gasteiger partial charge in [0.25, 0.3) is 0 Å². The Balaban J connectivity index is 2.15. The van der Waals surface area contributed by atoms with Crippen molar-refractivity contribution in [3.8, 4) is 0 Å². The van der Waals surface area contributed by atoms with Gasteiger partial charge in [-0.05, 0) is 47.2 Å². The number of hydrogen-bond donors (Lipinski definition) is 1. The summed E-state index contributed by atoms with van der Waals surface area (Å²) in [6.45, 7) is 1.97. The van der Waals surface area contributed by atoms with Crippen molar-refractivity contribution in [2.45, 2.75) is 13.0 Å². The van der Waals surface area contributed by atoms with Crippen molar-refractivity contribution in [3.05, 3.63) is 76.6 Å². The molecule has 0 aliphatic heterocycles. The van der Waals surface area contributed by atoms with Crippen LogP contribution in [0.25, 0.3) is 10.8 Å². The van der Waals surface area contributed by atoms with Crippen molar-refractivity contribution in [2.75, 3.05) is 0 Å². The average Bonchev–Trinajstić information content (AvgIpc) is 2.45. The summed E-state index contributed by atoms with van der Waals surface area (Å²) in [5.74, 6) is 0. The minimum atomic E-state index is -0.708. The second kappa shape index (κ2) is 5.23. The molecule has 2 aromatic carbocycles. The van der Waals surface area contributed by atoms with Gasteiger partial charge in [0.05, 0.1) is 0 Å². The lowest BCUT2D eigenvalue weighted by molar-refractivity contribution is 0.222. The Bertz CT molecular complexity index is 744. The molecule has 100 valence electrons. The zero-order chi connectivity index (χ0) is 14.1. The van der Waals surface area contributed by atoms with Crippen molar-refractivity contribution in [1.29, 1.82) is 0 Å². The normalized spacial score (nSPS) is 12.6. The van der Waals surface area contributed by atoms with E-state index in [1.54, 1.807) is 18.5 Å². The zero-order valence-electron chi connectivity index (χ0n) is 11.0. The number of hydrogen-bond acceptors (Lipinski definition) is 2. The number of aryl methyl sites for hydroxylation is 1. The standard InChI is InChI=1S/C17H14ClNO/c1-11-7-13(9-14(18)8-11)17(20)15-4-2-3-12-5-6-19-10-16(12)15/h2-10,17,20H,1H3. The molecular weight excluding hydrogens is 270 g/mol. The van der Waals surface area contributed by atoms with Crippen LogP contribution in [-0.4, -0.2) is 10.1 Å². The van der Waals surface area contributed by atoms with Gasteiger partial charge in [-0.3, -0.25) is 4.98 Å². The van der Waals surface area contributed by atoms with Gasteiger partial charge < -0.3 is 5.11 Å². The first kappa shape index (κ1) is 13.1. The van der Waals surface area contributed by atoms with Crippen LogP contribution >= 0.6 is 11.6 Å². The second-order valence-corrected chi connectivity index (χ2v) is 5.34. The van der Waals surface area contributed by atoms with E-state index >= 15 is 0 Å². The van der Waals surface area contributed by atoms with Gasteiger partial charge in [-0.1, -0.05) is 35.9 Å². The van der Waals surface area contributed by atoms with Crippen molar-refractivity contribution in [3.63, 3.8) is 0 Å². The SMILES string of the molecule is Cc1cc(Cl)cc(C(O)c2cccc3ccncc23)c1. The molecule has 0 amide bonds. The van der Waals surface area contributed by atoms with Crippen LogP contribution < -0.4 is 0 Å². The van der Waals surface area contributed by atoms with Crippen LogP contribution in [-0.2, 0) is 0 Å². The molecule has 0 aliphatic rings. The molecule has 2 nitrogen and oxygen atoms in total. The molecule has 0 saturated heterocycles. The monoisotopic (exact) mass is 283 g/mol. The van der Waals surface area contributed by atoms with Crippen molar-refractivity contribution in [2.24, 2.45) is 0 Å². The van der Waals surface area contributed by atoms with Gasteiger partial charge >= 0.3 is 0 Å². The first-order valence-corrected chi connectivity index (χ1v) is 6.81. The largest absolute Gasteiger partial charge is 0.384 e. The Morgan fingerprint density at radius 2 is 2.00 bits per heavy atom. The molecule has 3 heteroatoms. The summed E-state index contributed by atoms with van der Waals surface area (Å²) in [6.07, 6.45) is 2.83. The van der Waals surface area contributed by atoms with Crippen molar-refractivity contribution >= 4 is 22.4 Å². The summed E-state index contributed by atoms with van der Waals surface area (Å²) in [7, 11) is 0. The summed E-state index contributed by atoms with van der Waals surface area (Å²) >= 11 is 6.08. The lowest BCUT2D eigenvalue weighted by Gasteiger charge is -2.15. The molecular formula is C17H14ClNO. The number of fused-ring (bicyclic) bond motifs is 1. The summed E-state index contributed by atoms with van der Waals surface area (Å²) in [5.41, 5.74) is 2.67. The molecule has 0 fully saturated rings. The number of halogens is 1. The van der Waals surface area contributed by atoms with Crippen LogP contribution in [0.4, 0.5) is 0 Å². The molecule has 0 spiro atoms. The van der Waals surface area contributed by atoms with E-state index in [0.717, 1.165) is 27.5 Å². The van der Waals surface area contributed by atoms with Gasteiger partial charge in [-0.2, -0.15) is 0 Å². The minimum Gasteiger partial charge on any atom is -0.384 e. The molecule has 0 aliphatic carbocycles. The maximum Gasteiger partial charge on any atom is 0.105 e. The molecule has 1 heterocycles. The predicted octanol–water partition coefficient (Wildman–Crippen LogP) is 4.28. The molecule has 0 saturated carbocycles. The predicted molar refractivity (Wildman–Crippen MR) is 82.0 cm³/mol. The summed E-state index contributed by atoms with van der Waals surface area (Å²) in [4.78, 5) is 4.15. The number of aliphatic hydroxyl groups is 1. The van der Waals surface area contributed by atoms with Crippen molar-refractivity contribution < 1.29 is 5.11 Å². The van der Waals surface area contributed by atoms with E-state index in [1.165, 1.54) is 0 Å². The highest BCUT2D eigenvalue weighted by Gasteiger charge is 2.14. The fourth-order valence-corrected chi connectivity index (χ4v) is 2.78. The summed E-state index contributed by atoms with van der Waals surface area (Å²) < 4.78 is 0. The third-order valence-corrected chi connectivity index (χ3v) is 3.61. The molecule has 3 aromatic rings. The smallest absolute Gasteiger partial charge is 0.105 e. The minimum absolute atomic E-state index is 0.636. The van der Waals surface area contributed by atoms with Crippen LogP contribution in [0.3, 0.4) is 0 Å². The van der Waals surface area contributed by atoms with Gasteiger partial charge in [0.15, 0.2) is 0 Å². The third-order valence-electron chi connectivity index (χ3n) is 3.39. The first-order valence-electron chi connectivity index (χ1n) is 6.43. The van der Waals surface area contributed by atoms with E-state index in [-0.39, 0.29) is 0 Å². The molecule has 1 aromatic heterocycles. The van der Waals surface area contributed by atoms with E-state index in [2.05, 4.69) is 4.98 Å². The number of benzene rings is 2. The number of nitrogens with zero attached hydrogens (tertiary/aromatic N) is 1. The fourth-order valence-electron chi connectivity index (χ4n) is 2.48. The summed E-state index contributed by atoms with van der Waals surface area (Å²) in [5, 5.41) is 13.3. The van der Waals surface area contributed by atoms with Crippen LogP contribution in [0.15, 0.2) is 54.9 Å². The molecule has 0 bridgehead atoms. The lowest BCUT2D eigenvalue weighted by atomic mass is 9.96. The Morgan fingerprint density at radius 3 is 2.80 bits per heavy atom. The first-order chi connectivity index (χ1) is 9.65. The molecule has 3 rings (SSSR count). The average molecular weight is 284 g/mol. The second-order valence-electron chi connectivity index (χ2n) is 4.91. The molecule has 0 radical (unpaired) electrons. The van der Waals surface area contributed by atoms with Gasteiger partial charge in [0.1, 0.15) is 6.10 Å². The maximum atomic E-state index is 10.7. The van der Waals surface area contributed by atoms with E-state index in [9.17, 15) is 5.11 Å². The van der Waals surface area contributed by atoms with E-state index in [0.29, 0.717) is 5.02 Å². The third kappa shape index (κ3) is 2.40. The molecule has 20 heavy (non-hydrogen) atoms. The number of aromatic nitrogens is 1. The van der Waals surface area contributed by atoms with Gasteiger partial charge in [-0.25, -0.2) is 0 Å². The Kier molecular flexibility index (Phi) is 3.43. The zero-order valence-corrected chi connectivity index (χ0v) is 11.8. The topological polar surface area (TPSA) is 33.1 Å². The number of rotatable bonds is 2. The van der Waals surface area contributed by atoms with Crippen LogP contribution in [0.1, 0.15) is 22.8 Å². The van der Waals surface area contributed by atoms with Crippen LogP contribution in [0.5, 0.6) is 0 Å². The number of pyridine rings is 1. The van der Waals surface area contributed by atoms with E-state index < -0.39 is 6.10 Å². The highest BCUT2D eigenvalue weighted by atomic mass is 35.5. The Morgan fingerprint density at radius 1 is 1.15 bits per heavy atom. The molecule has 1 N–H and O–H groups in total. The quantitative estimate of drug-likeness (QED) is 0.761. The Labute approximate surface area is 122 Å². The molecule has 1 unspecified atom stereocenters. The molecule has 1 atom stereocenters. The van der Waals surface area contributed by atoms with Crippen LogP contribution in [0.2, 0.25) is 5.02 Å². The van der Waals surface area contributed by atoms with Gasteiger partial charge in [-0.15, -0.1) is 0 Å². The van der Waals surface area contributed by atoms with Crippen LogP contribution in [0, 0.1) is 6.92 Å². The summed E-state index contributed by atoms with van der Waals surface area (Å²) in [6, 6.07) is 13.4. The Hall–Kier alpha value is -1.90. The van der Waals surface area contributed by atoms with E-state index in [4.69, 9.17) is 11.6 Å². The van der Waals surface area contributed by atoms with E-state index in [1.807, 2.05) is 43.3 Å². The highest BCUT2D eigenvalue weighted by molar-refractivity contribution is 6.30. The lowest BCUT2D eigenvalue weighted by Crippen LogP contribution is -2.01. The fraction of sp³-hybridized carbons (Fsp3) is 0.118. The number of aliphatic hydroxyl groups excluding tert-OH is 1. The highest BCUT2D eigenvalue weighted by Crippen LogP contribution is 2.30.